The number of hydrogen-bond donors (Lipinski definition) is 0. The van der Waals surface area contributed by atoms with Crippen LogP contribution in [0.2, 0.25) is 0 Å². The molecule has 7 heavy (non-hydrogen) atoms. The lowest BCUT2D eigenvalue weighted by Gasteiger charge is -1.82. The predicted octanol–water partition coefficient (Wildman–Crippen LogP) is 1.39. The number of aromatic nitrogens is 1. The molecule has 0 amide bonds. The van der Waals surface area contributed by atoms with Gasteiger partial charge in [-0.2, -0.15) is 0 Å². The van der Waals surface area contributed by atoms with Gasteiger partial charge in [-0.15, -0.1) is 0 Å². The maximum Gasteiger partial charge on any atom is 0.0297 e. The van der Waals surface area contributed by atoms with Gasteiger partial charge in [0, 0.05) is 13.8 Å². The third kappa shape index (κ3) is 1.000. The molecule has 1 rings (SSSR count). The molecule has 0 fully saturated rings. The second kappa shape index (κ2) is 1.73. The quantitative estimate of drug-likeness (QED) is 0.473. The number of rotatable bonds is 0. The first kappa shape index (κ1) is 3.19. The lowest BCUT2D eigenvalue weighted by atomic mass is 10.3. The van der Waals surface area contributed by atoms with Crippen LogP contribution in [0.1, 0.15) is 6.93 Å². The summed E-state index contributed by atoms with van der Waals surface area (Å²) in [6, 6.07) is 3.73. The molecule has 0 saturated heterocycles. The van der Waals surface area contributed by atoms with Crippen LogP contribution < -0.4 is 0 Å². The van der Waals surface area contributed by atoms with E-state index in [0.29, 0.717) is 6.90 Å². The lowest BCUT2D eigenvalue weighted by Crippen LogP contribution is -1.69. The summed E-state index contributed by atoms with van der Waals surface area (Å²) in [4.78, 5) is 3.84. The van der Waals surface area contributed by atoms with Crippen molar-refractivity contribution in [2.75, 3.05) is 0 Å². The summed E-state index contributed by atoms with van der Waals surface area (Å²) in [5, 5.41) is 0. The second-order valence-electron chi connectivity index (χ2n) is 1.36. The summed E-state index contributed by atoms with van der Waals surface area (Å²) in [6.07, 6.45) is 3.41. The Morgan fingerprint density at radius 1 is 1.86 bits per heavy atom. The Morgan fingerprint density at radius 3 is 3.29 bits per heavy atom. The minimum Gasteiger partial charge on any atom is -0.264 e. The average Bonchev–Trinajstić information content (AvgIpc) is 1.90. The van der Waals surface area contributed by atoms with E-state index >= 15 is 0 Å². The van der Waals surface area contributed by atoms with Crippen molar-refractivity contribution in [3.05, 3.63) is 30.1 Å². The van der Waals surface area contributed by atoms with Crippen LogP contribution in [-0.4, -0.2) is 4.98 Å². The Hall–Kier alpha value is -0.850. The average molecular weight is 94.1 g/mol. The molecular formula is C6H7N. The number of pyridine rings is 1. The van der Waals surface area contributed by atoms with E-state index in [9.17, 15) is 0 Å². The van der Waals surface area contributed by atoms with Gasteiger partial charge in [0.25, 0.3) is 0 Å². The number of hydrogen-bond acceptors (Lipinski definition) is 1. The molecule has 36 valence electrons. The molecule has 1 heteroatoms. The molecule has 0 N–H and O–H groups in total. The summed E-state index contributed by atoms with van der Waals surface area (Å²) in [5.74, 6) is 0. The van der Waals surface area contributed by atoms with Gasteiger partial charge in [0.05, 0.1) is 0 Å². The van der Waals surface area contributed by atoms with E-state index in [1.807, 2.05) is 12.1 Å². The van der Waals surface area contributed by atoms with Crippen LogP contribution >= 0.6 is 0 Å². The van der Waals surface area contributed by atoms with Gasteiger partial charge in [0.2, 0.25) is 0 Å². The van der Waals surface area contributed by atoms with E-state index in [2.05, 4.69) is 4.98 Å². The van der Waals surface area contributed by atoms with E-state index < -0.39 is 0 Å². The fourth-order valence-corrected chi connectivity index (χ4v) is 0.398. The zero-order chi connectivity index (χ0) is 5.82. The SMILES string of the molecule is [2H]Cc1cccnc1. The summed E-state index contributed by atoms with van der Waals surface area (Å²) < 4.78 is 6.90. The first-order chi connectivity index (χ1) is 3.93. The van der Waals surface area contributed by atoms with Gasteiger partial charge < -0.3 is 0 Å². The van der Waals surface area contributed by atoms with Crippen molar-refractivity contribution in [3.8, 4) is 0 Å². The summed E-state index contributed by atoms with van der Waals surface area (Å²) >= 11 is 0. The van der Waals surface area contributed by atoms with Crippen molar-refractivity contribution in [1.82, 2.24) is 4.98 Å². The predicted molar refractivity (Wildman–Crippen MR) is 29.0 cm³/mol. The highest BCUT2D eigenvalue weighted by Crippen LogP contribution is 1.88. The Balaban J connectivity index is 2.83. The van der Waals surface area contributed by atoms with Gasteiger partial charge in [-0.3, -0.25) is 4.98 Å². The van der Waals surface area contributed by atoms with Crippen molar-refractivity contribution in [3.63, 3.8) is 0 Å². The largest absolute Gasteiger partial charge is 0.264 e. The fourth-order valence-electron chi connectivity index (χ4n) is 0.398. The first-order valence-electron chi connectivity index (χ1n) is 2.82. The summed E-state index contributed by atoms with van der Waals surface area (Å²) in [7, 11) is 0. The molecule has 0 aliphatic carbocycles. The van der Waals surface area contributed by atoms with Gasteiger partial charge in [-0.25, -0.2) is 0 Å². The van der Waals surface area contributed by atoms with Crippen LogP contribution in [0.4, 0.5) is 0 Å². The second-order valence-corrected chi connectivity index (χ2v) is 1.36. The number of aryl methyl sites for hydroxylation is 1. The Kier molecular flexibility index (Phi) is 0.791. The van der Waals surface area contributed by atoms with Crippen molar-refractivity contribution in [1.29, 1.82) is 0 Å². The van der Waals surface area contributed by atoms with Crippen LogP contribution in [-0.2, 0) is 0 Å². The topological polar surface area (TPSA) is 12.9 Å². The van der Waals surface area contributed by atoms with Gasteiger partial charge in [0.15, 0.2) is 0 Å². The van der Waals surface area contributed by atoms with Gasteiger partial charge in [0.1, 0.15) is 0 Å². The number of nitrogens with zero attached hydrogens (tertiary/aromatic N) is 1. The van der Waals surface area contributed by atoms with Crippen LogP contribution in [0.5, 0.6) is 0 Å². The molecular weight excluding hydrogens is 86.1 g/mol. The molecule has 1 heterocycles. The lowest BCUT2D eigenvalue weighted by molar-refractivity contribution is 1.27. The third-order valence-electron chi connectivity index (χ3n) is 0.723. The van der Waals surface area contributed by atoms with Crippen LogP contribution in [0, 0.1) is 6.90 Å². The molecule has 1 nitrogen and oxygen atoms in total. The minimum absolute atomic E-state index is 0.327. The fraction of sp³-hybridized carbons (Fsp3) is 0.167. The van der Waals surface area contributed by atoms with E-state index in [1.165, 1.54) is 0 Å². The highest BCUT2D eigenvalue weighted by molar-refractivity contribution is 5.04. The molecule has 0 unspecified atom stereocenters. The van der Waals surface area contributed by atoms with E-state index in [1.54, 1.807) is 12.4 Å². The molecule has 0 aliphatic rings. The molecule has 0 aliphatic heterocycles. The highest BCUT2D eigenvalue weighted by Gasteiger charge is 1.73. The maximum absolute atomic E-state index is 6.90. The Morgan fingerprint density at radius 2 is 2.86 bits per heavy atom. The normalized spacial score (nSPS) is 10.6. The molecule has 0 spiro atoms. The smallest absolute Gasteiger partial charge is 0.0297 e. The molecule has 0 radical (unpaired) electrons. The summed E-state index contributed by atoms with van der Waals surface area (Å²) in [5.41, 5.74) is 0.965. The standard InChI is InChI=1S/C6H7N/c1-6-3-2-4-7-5-6/h2-5H,1H3/i1D. The van der Waals surface area contributed by atoms with Crippen molar-refractivity contribution in [2.45, 2.75) is 6.90 Å². The summed E-state index contributed by atoms with van der Waals surface area (Å²) in [6.45, 7) is 0.327. The zero-order valence-corrected chi connectivity index (χ0v) is 3.96. The minimum atomic E-state index is 0.327. The van der Waals surface area contributed by atoms with Crippen molar-refractivity contribution in [2.24, 2.45) is 0 Å². The van der Waals surface area contributed by atoms with Gasteiger partial charge in [-0.05, 0) is 18.5 Å². The van der Waals surface area contributed by atoms with Gasteiger partial charge in [-0.1, -0.05) is 6.07 Å². The molecule has 0 saturated carbocycles. The molecule has 1 aromatic rings. The molecule has 0 bridgehead atoms. The van der Waals surface area contributed by atoms with Crippen LogP contribution in [0.25, 0.3) is 0 Å². The Bertz CT molecular complexity index is 150. The monoisotopic (exact) mass is 94.1 g/mol. The first-order valence-corrected chi connectivity index (χ1v) is 2.11. The van der Waals surface area contributed by atoms with E-state index in [4.69, 9.17) is 1.37 Å². The van der Waals surface area contributed by atoms with E-state index in [0.717, 1.165) is 5.56 Å². The van der Waals surface area contributed by atoms with Crippen molar-refractivity contribution >= 4 is 0 Å². The third-order valence-corrected chi connectivity index (χ3v) is 0.723. The Labute approximate surface area is 44.4 Å². The van der Waals surface area contributed by atoms with Crippen molar-refractivity contribution < 1.29 is 1.37 Å². The highest BCUT2D eigenvalue weighted by atomic mass is 14.6. The van der Waals surface area contributed by atoms with Crippen LogP contribution in [0.3, 0.4) is 0 Å². The van der Waals surface area contributed by atoms with Crippen LogP contribution in [0.15, 0.2) is 24.5 Å². The maximum atomic E-state index is 6.90. The molecule has 0 atom stereocenters. The zero-order valence-electron chi connectivity index (χ0n) is 4.96. The van der Waals surface area contributed by atoms with E-state index in [-0.39, 0.29) is 0 Å². The molecule has 0 aromatic carbocycles. The van der Waals surface area contributed by atoms with Gasteiger partial charge >= 0.3 is 0 Å². The molecule has 1 aromatic heterocycles.